The Morgan fingerprint density at radius 3 is 2.68 bits per heavy atom. The Hall–Kier alpha value is -2.24. The minimum atomic E-state index is -0.316. The van der Waals surface area contributed by atoms with E-state index in [-0.39, 0.29) is 17.8 Å². The number of carbonyl (C=O) groups is 1. The first kappa shape index (κ1) is 16.1. The average Bonchev–Trinajstić information content (AvgIpc) is 2.86. The van der Waals surface area contributed by atoms with Crippen LogP contribution in [0.5, 0.6) is 0 Å². The van der Waals surface area contributed by atoms with E-state index in [9.17, 15) is 9.18 Å². The molecule has 1 amide bonds. The molecule has 0 unspecified atom stereocenters. The van der Waals surface area contributed by atoms with Crippen molar-refractivity contribution < 1.29 is 9.18 Å². The lowest BCUT2D eigenvalue weighted by Gasteiger charge is -2.20. The standard InChI is InChI=1S/C16H21FN4O/c1-10(2)7-14(15-18-9-19-21(15)4)20-16(22)12-5-6-13(17)11(3)8-12/h5-6,8-10,14H,7H2,1-4H3,(H,20,22)/t14-/m0/s1. The predicted octanol–water partition coefficient (Wildman–Crippen LogP) is 2.78. The molecule has 5 nitrogen and oxygen atoms in total. The van der Waals surface area contributed by atoms with Crippen molar-refractivity contribution in [1.29, 1.82) is 0 Å². The highest BCUT2D eigenvalue weighted by Gasteiger charge is 2.21. The lowest BCUT2D eigenvalue weighted by atomic mass is 10.0. The quantitative estimate of drug-likeness (QED) is 0.924. The van der Waals surface area contributed by atoms with E-state index in [2.05, 4.69) is 29.2 Å². The van der Waals surface area contributed by atoms with Crippen molar-refractivity contribution in [2.45, 2.75) is 33.2 Å². The summed E-state index contributed by atoms with van der Waals surface area (Å²) in [6.07, 6.45) is 2.22. The molecule has 0 radical (unpaired) electrons. The molecule has 2 aromatic rings. The molecular weight excluding hydrogens is 283 g/mol. The van der Waals surface area contributed by atoms with E-state index in [1.54, 1.807) is 24.7 Å². The number of nitrogens with one attached hydrogen (secondary N) is 1. The van der Waals surface area contributed by atoms with Gasteiger partial charge in [-0.25, -0.2) is 9.37 Å². The van der Waals surface area contributed by atoms with Crippen LogP contribution in [0.1, 0.15) is 48.1 Å². The third kappa shape index (κ3) is 3.69. The van der Waals surface area contributed by atoms with Crippen LogP contribution in [0.2, 0.25) is 0 Å². The summed E-state index contributed by atoms with van der Waals surface area (Å²) in [7, 11) is 1.80. The molecule has 22 heavy (non-hydrogen) atoms. The van der Waals surface area contributed by atoms with Crippen LogP contribution in [-0.2, 0) is 7.05 Å². The largest absolute Gasteiger partial charge is 0.342 e. The van der Waals surface area contributed by atoms with Gasteiger partial charge in [0.2, 0.25) is 0 Å². The van der Waals surface area contributed by atoms with Gasteiger partial charge in [-0.3, -0.25) is 9.48 Å². The Morgan fingerprint density at radius 1 is 1.41 bits per heavy atom. The van der Waals surface area contributed by atoms with Gasteiger partial charge in [0.15, 0.2) is 0 Å². The van der Waals surface area contributed by atoms with Crippen LogP contribution in [0.25, 0.3) is 0 Å². The Morgan fingerprint density at radius 2 is 2.14 bits per heavy atom. The second kappa shape index (κ2) is 6.68. The zero-order valence-electron chi connectivity index (χ0n) is 13.3. The Labute approximate surface area is 129 Å². The van der Waals surface area contributed by atoms with Crippen molar-refractivity contribution in [2.24, 2.45) is 13.0 Å². The van der Waals surface area contributed by atoms with Gasteiger partial charge in [0.1, 0.15) is 18.0 Å². The van der Waals surface area contributed by atoms with Crippen LogP contribution >= 0.6 is 0 Å². The first-order valence-corrected chi connectivity index (χ1v) is 7.29. The zero-order valence-corrected chi connectivity index (χ0v) is 13.3. The van der Waals surface area contributed by atoms with Crippen LogP contribution in [0.3, 0.4) is 0 Å². The number of hydrogen-bond acceptors (Lipinski definition) is 3. The number of rotatable bonds is 5. The van der Waals surface area contributed by atoms with Crippen molar-refractivity contribution in [3.8, 4) is 0 Å². The van der Waals surface area contributed by atoms with Gasteiger partial charge in [0.05, 0.1) is 6.04 Å². The number of aromatic nitrogens is 3. The van der Waals surface area contributed by atoms with E-state index in [1.165, 1.54) is 18.5 Å². The molecule has 6 heteroatoms. The van der Waals surface area contributed by atoms with Gasteiger partial charge in [-0.1, -0.05) is 13.8 Å². The minimum Gasteiger partial charge on any atom is -0.342 e. The summed E-state index contributed by atoms with van der Waals surface area (Å²) in [4.78, 5) is 16.6. The molecular formula is C16H21FN4O. The van der Waals surface area contributed by atoms with Gasteiger partial charge >= 0.3 is 0 Å². The summed E-state index contributed by atoms with van der Waals surface area (Å²) in [5.41, 5.74) is 0.890. The first-order chi connectivity index (χ1) is 10.4. The van der Waals surface area contributed by atoms with Crippen LogP contribution < -0.4 is 5.32 Å². The fraction of sp³-hybridized carbons (Fsp3) is 0.438. The molecule has 0 aliphatic heterocycles. The van der Waals surface area contributed by atoms with Gasteiger partial charge < -0.3 is 5.32 Å². The molecule has 0 saturated carbocycles. The first-order valence-electron chi connectivity index (χ1n) is 7.29. The van der Waals surface area contributed by atoms with Crippen LogP contribution in [0, 0.1) is 18.7 Å². The summed E-state index contributed by atoms with van der Waals surface area (Å²) in [6, 6.07) is 4.11. The van der Waals surface area contributed by atoms with Crippen molar-refractivity contribution in [2.75, 3.05) is 0 Å². The average molecular weight is 304 g/mol. The summed E-state index contributed by atoms with van der Waals surface area (Å²) >= 11 is 0. The molecule has 1 aromatic heterocycles. The monoisotopic (exact) mass is 304 g/mol. The zero-order chi connectivity index (χ0) is 16.3. The molecule has 0 spiro atoms. The maximum atomic E-state index is 13.3. The third-order valence-electron chi connectivity index (χ3n) is 3.49. The van der Waals surface area contributed by atoms with Gasteiger partial charge in [-0.2, -0.15) is 5.10 Å². The normalized spacial score (nSPS) is 12.5. The summed E-state index contributed by atoms with van der Waals surface area (Å²) in [5, 5.41) is 7.03. The Bertz CT molecular complexity index is 666. The molecule has 1 heterocycles. The Balaban J connectivity index is 2.21. The Kier molecular flexibility index (Phi) is 4.90. The fourth-order valence-electron chi connectivity index (χ4n) is 2.35. The molecule has 0 aliphatic carbocycles. The van der Waals surface area contributed by atoms with E-state index in [0.29, 0.717) is 22.9 Å². The maximum absolute atomic E-state index is 13.3. The highest BCUT2D eigenvalue weighted by molar-refractivity contribution is 5.94. The minimum absolute atomic E-state index is 0.231. The summed E-state index contributed by atoms with van der Waals surface area (Å²) in [5.74, 6) is 0.540. The number of carbonyl (C=O) groups excluding carboxylic acids is 1. The highest BCUT2D eigenvalue weighted by Crippen LogP contribution is 2.20. The number of aryl methyl sites for hydroxylation is 2. The molecule has 0 fully saturated rings. The number of halogens is 1. The van der Waals surface area contributed by atoms with E-state index in [4.69, 9.17) is 0 Å². The van der Waals surface area contributed by atoms with Gasteiger partial charge in [0.25, 0.3) is 5.91 Å². The molecule has 1 aromatic carbocycles. The van der Waals surface area contributed by atoms with E-state index in [0.717, 1.165) is 6.42 Å². The van der Waals surface area contributed by atoms with E-state index >= 15 is 0 Å². The number of hydrogen-bond donors (Lipinski definition) is 1. The molecule has 1 N–H and O–H groups in total. The van der Waals surface area contributed by atoms with Crippen LogP contribution in [-0.4, -0.2) is 20.7 Å². The van der Waals surface area contributed by atoms with Gasteiger partial charge in [0, 0.05) is 12.6 Å². The smallest absolute Gasteiger partial charge is 0.251 e. The second-order valence-electron chi connectivity index (χ2n) is 5.86. The van der Waals surface area contributed by atoms with Crippen LogP contribution in [0.15, 0.2) is 24.5 Å². The maximum Gasteiger partial charge on any atom is 0.251 e. The van der Waals surface area contributed by atoms with Gasteiger partial charge in [-0.15, -0.1) is 0 Å². The van der Waals surface area contributed by atoms with Crippen molar-refractivity contribution in [3.63, 3.8) is 0 Å². The SMILES string of the molecule is Cc1cc(C(=O)N[C@@H](CC(C)C)c2ncnn2C)ccc1F. The van der Waals surface area contributed by atoms with Crippen molar-refractivity contribution in [1.82, 2.24) is 20.1 Å². The van der Waals surface area contributed by atoms with Crippen LogP contribution in [0.4, 0.5) is 4.39 Å². The predicted molar refractivity (Wildman–Crippen MR) is 81.8 cm³/mol. The number of nitrogens with zero attached hydrogens (tertiary/aromatic N) is 3. The number of amides is 1. The molecule has 1 atom stereocenters. The van der Waals surface area contributed by atoms with Crippen molar-refractivity contribution >= 4 is 5.91 Å². The fourth-order valence-corrected chi connectivity index (χ4v) is 2.35. The second-order valence-corrected chi connectivity index (χ2v) is 5.86. The summed E-state index contributed by atoms with van der Waals surface area (Å²) in [6.45, 7) is 5.80. The summed E-state index contributed by atoms with van der Waals surface area (Å²) < 4.78 is 15.0. The molecule has 0 saturated heterocycles. The lowest BCUT2D eigenvalue weighted by molar-refractivity contribution is 0.0929. The molecule has 2 rings (SSSR count). The van der Waals surface area contributed by atoms with Gasteiger partial charge in [-0.05, 0) is 43.0 Å². The third-order valence-corrected chi connectivity index (χ3v) is 3.49. The molecule has 0 aliphatic rings. The molecule has 118 valence electrons. The topological polar surface area (TPSA) is 59.8 Å². The number of benzene rings is 1. The molecule has 0 bridgehead atoms. The van der Waals surface area contributed by atoms with E-state index in [1.807, 2.05) is 0 Å². The highest BCUT2D eigenvalue weighted by atomic mass is 19.1. The van der Waals surface area contributed by atoms with Crippen molar-refractivity contribution in [3.05, 3.63) is 47.3 Å². The van der Waals surface area contributed by atoms with E-state index < -0.39 is 0 Å². The lowest BCUT2D eigenvalue weighted by Crippen LogP contribution is -2.31.